The largest absolute Gasteiger partial charge is 0.442 e. The van der Waals surface area contributed by atoms with Gasteiger partial charge in [-0.1, -0.05) is 6.58 Å². The number of amides is 1. The molecule has 0 aliphatic carbocycles. The van der Waals surface area contributed by atoms with Crippen molar-refractivity contribution >= 4 is 17.7 Å². The molecule has 0 aliphatic heterocycles. The number of carbonyl (C=O) groups is 3. The maximum absolute atomic E-state index is 10.9. The minimum Gasteiger partial charge on any atom is -0.442 e. The Morgan fingerprint density at radius 2 is 2.07 bits per heavy atom. The standard InChI is InChI=1S/C9H13NO4/c1-4-8(12)10-7(3)14-9(13)5-6(2)11/h4,7H,1,5H2,2-3H3,(H,10,12). The van der Waals surface area contributed by atoms with Crippen LogP contribution in [0, 0.1) is 0 Å². The fourth-order valence-electron chi connectivity index (χ4n) is 0.731. The van der Waals surface area contributed by atoms with Gasteiger partial charge < -0.3 is 10.1 Å². The van der Waals surface area contributed by atoms with Gasteiger partial charge in [-0.05, 0) is 19.9 Å². The zero-order valence-electron chi connectivity index (χ0n) is 8.20. The van der Waals surface area contributed by atoms with Crippen molar-refractivity contribution < 1.29 is 19.1 Å². The van der Waals surface area contributed by atoms with Gasteiger partial charge in [-0.25, -0.2) is 0 Å². The lowest BCUT2D eigenvalue weighted by Gasteiger charge is -2.12. The lowest BCUT2D eigenvalue weighted by atomic mass is 10.3. The number of carbonyl (C=O) groups excluding carboxylic acids is 3. The van der Waals surface area contributed by atoms with Crippen molar-refractivity contribution in [1.82, 2.24) is 5.32 Å². The van der Waals surface area contributed by atoms with Crippen LogP contribution in [0.1, 0.15) is 20.3 Å². The fourth-order valence-corrected chi connectivity index (χ4v) is 0.731. The van der Waals surface area contributed by atoms with E-state index in [0.29, 0.717) is 0 Å². The van der Waals surface area contributed by atoms with Crippen LogP contribution in [0.2, 0.25) is 0 Å². The zero-order valence-corrected chi connectivity index (χ0v) is 8.20. The van der Waals surface area contributed by atoms with Crippen LogP contribution in [0.3, 0.4) is 0 Å². The van der Waals surface area contributed by atoms with E-state index in [1.54, 1.807) is 0 Å². The molecule has 0 bridgehead atoms. The Morgan fingerprint density at radius 1 is 1.50 bits per heavy atom. The third-order valence-corrected chi connectivity index (χ3v) is 1.23. The molecule has 1 atom stereocenters. The van der Waals surface area contributed by atoms with Gasteiger partial charge in [0.05, 0.1) is 0 Å². The number of hydrogen-bond donors (Lipinski definition) is 1. The third-order valence-electron chi connectivity index (χ3n) is 1.23. The number of ether oxygens (including phenoxy) is 1. The van der Waals surface area contributed by atoms with E-state index < -0.39 is 18.1 Å². The molecule has 5 nitrogen and oxygen atoms in total. The Bertz CT molecular complexity index is 260. The highest BCUT2D eigenvalue weighted by atomic mass is 16.6. The normalized spacial score (nSPS) is 11.3. The molecule has 0 spiro atoms. The Hall–Kier alpha value is -1.65. The Morgan fingerprint density at radius 3 is 2.50 bits per heavy atom. The lowest BCUT2D eigenvalue weighted by molar-refractivity contribution is -0.151. The molecule has 14 heavy (non-hydrogen) atoms. The van der Waals surface area contributed by atoms with Crippen LogP contribution in [0.4, 0.5) is 0 Å². The molecule has 0 aromatic carbocycles. The molecule has 0 aromatic heterocycles. The summed E-state index contributed by atoms with van der Waals surface area (Å²) in [6, 6.07) is 0. The molecule has 0 rings (SSSR count). The maximum Gasteiger partial charge on any atom is 0.315 e. The predicted octanol–water partition coefficient (Wildman–Crippen LogP) is 0.157. The Balaban J connectivity index is 3.87. The van der Waals surface area contributed by atoms with Crippen LogP contribution in [0.5, 0.6) is 0 Å². The first kappa shape index (κ1) is 12.3. The Labute approximate surface area is 82.1 Å². The van der Waals surface area contributed by atoms with Gasteiger partial charge in [-0.2, -0.15) is 0 Å². The first-order valence-corrected chi connectivity index (χ1v) is 4.07. The summed E-state index contributed by atoms with van der Waals surface area (Å²) in [5.74, 6) is -1.38. The molecular weight excluding hydrogens is 186 g/mol. The summed E-state index contributed by atoms with van der Waals surface area (Å²) in [6.45, 7) is 6.01. The van der Waals surface area contributed by atoms with E-state index in [1.807, 2.05) is 0 Å². The fraction of sp³-hybridized carbons (Fsp3) is 0.444. The van der Waals surface area contributed by atoms with Crippen LogP contribution >= 0.6 is 0 Å². The first-order valence-electron chi connectivity index (χ1n) is 4.07. The average molecular weight is 199 g/mol. The van der Waals surface area contributed by atoms with Crippen LogP contribution < -0.4 is 5.32 Å². The van der Waals surface area contributed by atoms with E-state index in [2.05, 4.69) is 11.9 Å². The quantitative estimate of drug-likeness (QED) is 0.296. The lowest BCUT2D eigenvalue weighted by Crippen LogP contribution is -2.35. The summed E-state index contributed by atoms with van der Waals surface area (Å²) in [7, 11) is 0. The summed E-state index contributed by atoms with van der Waals surface area (Å²) in [5.41, 5.74) is 0. The van der Waals surface area contributed by atoms with Gasteiger partial charge in [0.15, 0.2) is 6.23 Å². The number of esters is 1. The highest BCUT2D eigenvalue weighted by Gasteiger charge is 2.11. The molecule has 0 saturated carbocycles. The monoisotopic (exact) mass is 199 g/mol. The Kier molecular flexibility index (Phi) is 5.21. The number of hydrogen-bond acceptors (Lipinski definition) is 4. The van der Waals surface area contributed by atoms with Gasteiger partial charge in [0.1, 0.15) is 12.2 Å². The van der Waals surface area contributed by atoms with Crippen molar-refractivity contribution in [2.24, 2.45) is 0 Å². The average Bonchev–Trinajstić information content (AvgIpc) is 2.01. The number of ketones is 1. The van der Waals surface area contributed by atoms with E-state index in [9.17, 15) is 14.4 Å². The summed E-state index contributed by atoms with van der Waals surface area (Å²) >= 11 is 0. The van der Waals surface area contributed by atoms with Gasteiger partial charge in [0.2, 0.25) is 5.91 Å². The van der Waals surface area contributed by atoms with E-state index >= 15 is 0 Å². The number of rotatable bonds is 5. The van der Waals surface area contributed by atoms with Gasteiger partial charge in [-0.3, -0.25) is 14.4 Å². The van der Waals surface area contributed by atoms with Gasteiger partial charge in [0, 0.05) is 0 Å². The molecule has 5 heteroatoms. The van der Waals surface area contributed by atoms with Crippen molar-refractivity contribution in [1.29, 1.82) is 0 Å². The topological polar surface area (TPSA) is 72.5 Å². The van der Waals surface area contributed by atoms with Crippen molar-refractivity contribution in [3.05, 3.63) is 12.7 Å². The van der Waals surface area contributed by atoms with Crippen LogP contribution in [0.15, 0.2) is 12.7 Å². The molecule has 0 aromatic rings. The van der Waals surface area contributed by atoms with Crippen LogP contribution in [0.25, 0.3) is 0 Å². The summed E-state index contributed by atoms with van der Waals surface area (Å²) in [6.07, 6.45) is 0.0243. The smallest absolute Gasteiger partial charge is 0.315 e. The highest BCUT2D eigenvalue weighted by Crippen LogP contribution is 1.92. The predicted molar refractivity (Wildman–Crippen MR) is 49.2 cm³/mol. The molecule has 0 fully saturated rings. The SMILES string of the molecule is C=CC(=O)NC(C)OC(=O)CC(C)=O. The number of Topliss-reactive ketones (excluding diaryl/α,β-unsaturated/α-hetero) is 1. The van der Waals surface area contributed by atoms with Gasteiger partial charge in [-0.15, -0.1) is 0 Å². The number of nitrogens with one attached hydrogen (secondary N) is 1. The summed E-state index contributed by atoms with van der Waals surface area (Å²) < 4.78 is 4.69. The molecule has 1 unspecified atom stereocenters. The molecule has 0 saturated heterocycles. The zero-order chi connectivity index (χ0) is 11.1. The van der Waals surface area contributed by atoms with E-state index in [0.717, 1.165) is 6.08 Å². The van der Waals surface area contributed by atoms with Crippen molar-refractivity contribution in [2.75, 3.05) is 0 Å². The minimum absolute atomic E-state index is 0.280. The van der Waals surface area contributed by atoms with E-state index in [-0.39, 0.29) is 12.2 Å². The summed E-state index contributed by atoms with van der Waals surface area (Å²) in [5, 5.41) is 2.32. The molecule has 78 valence electrons. The molecule has 1 N–H and O–H groups in total. The highest BCUT2D eigenvalue weighted by molar-refractivity contribution is 5.94. The van der Waals surface area contributed by atoms with Crippen LogP contribution in [-0.4, -0.2) is 23.9 Å². The molecule has 0 heterocycles. The minimum atomic E-state index is -0.757. The van der Waals surface area contributed by atoms with E-state index in [4.69, 9.17) is 4.74 Å². The second-order valence-corrected chi connectivity index (χ2v) is 2.72. The second-order valence-electron chi connectivity index (χ2n) is 2.72. The molecular formula is C9H13NO4. The second kappa shape index (κ2) is 5.90. The van der Waals surface area contributed by atoms with E-state index in [1.165, 1.54) is 13.8 Å². The van der Waals surface area contributed by atoms with Crippen molar-refractivity contribution in [2.45, 2.75) is 26.5 Å². The summed E-state index contributed by atoms with van der Waals surface area (Å²) in [4.78, 5) is 32.2. The molecule has 0 aliphatic rings. The third kappa shape index (κ3) is 5.93. The van der Waals surface area contributed by atoms with Gasteiger partial charge in [0.25, 0.3) is 0 Å². The first-order chi connectivity index (χ1) is 6.45. The molecule has 0 radical (unpaired) electrons. The maximum atomic E-state index is 10.9. The van der Waals surface area contributed by atoms with Crippen molar-refractivity contribution in [3.63, 3.8) is 0 Å². The van der Waals surface area contributed by atoms with Crippen LogP contribution in [-0.2, 0) is 19.1 Å². The van der Waals surface area contributed by atoms with Crippen molar-refractivity contribution in [3.8, 4) is 0 Å². The molecule has 1 amide bonds. The van der Waals surface area contributed by atoms with Gasteiger partial charge >= 0.3 is 5.97 Å².